The van der Waals surface area contributed by atoms with E-state index < -0.39 is 0 Å². The second kappa shape index (κ2) is 5.75. The molecule has 118 valence electrons. The highest BCUT2D eigenvalue weighted by atomic mass is 16.2. The molecule has 1 heterocycles. The van der Waals surface area contributed by atoms with Crippen LogP contribution in [0.15, 0.2) is 24.3 Å². The molecule has 22 heavy (non-hydrogen) atoms. The molecule has 0 spiro atoms. The molecule has 0 unspecified atom stereocenters. The average molecular weight is 300 g/mol. The number of likely N-dealkylation sites (tertiary alicyclic amines) is 1. The van der Waals surface area contributed by atoms with Crippen LogP contribution in [0.1, 0.15) is 36.8 Å². The number of hydrogen-bond acceptors (Lipinski definition) is 2. The fourth-order valence-electron chi connectivity index (χ4n) is 3.54. The highest BCUT2D eigenvalue weighted by molar-refractivity contribution is 5.89. The van der Waals surface area contributed by atoms with Gasteiger partial charge in [0.15, 0.2) is 0 Å². The number of amides is 2. The van der Waals surface area contributed by atoms with E-state index in [1.807, 2.05) is 0 Å². The van der Waals surface area contributed by atoms with E-state index >= 15 is 0 Å². The van der Waals surface area contributed by atoms with Crippen molar-refractivity contribution in [2.45, 2.75) is 38.6 Å². The molecule has 0 aromatic heterocycles. The van der Waals surface area contributed by atoms with Crippen LogP contribution in [-0.2, 0) is 9.59 Å². The second-order valence-corrected chi connectivity index (χ2v) is 6.89. The molecule has 2 fully saturated rings. The number of aryl methyl sites for hydroxylation is 1. The number of hydrogen-bond donors (Lipinski definition) is 1. The maximum Gasteiger partial charge on any atom is 0.225 e. The van der Waals surface area contributed by atoms with Crippen molar-refractivity contribution in [1.82, 2.24) is 10.2 Å². The van der Waals surface area contributed by atoms with Crippen LogP contribution in [0.3, 0.4) is 0 Å². The van der Waals surface area contributed by atoms with Crippen LogP contribution in [-0.4, -0.2) is 36.3 Å². The summed E-state index contributed by atoms with van der Waals surface area (Å²) in [6.07, 6.45) is 1.48. The Morgan fingerprint density at radius 2 is 2.18 bits per heavy atom. The van der Waals surface area contributed by atoms with Gasteiger partial charge in [-0.3, -0.25) is 9.59 Å². The van der Waals surface area contributed by atoms with E-state index in [1.54, 1.807) is 11.9 Å². The second-order valence-electron chi connectivity index (χ2n) is 6.89. The minimum Gasteiger partial charge on any atom is -0.353 e. The van der Waals surface area contributed by atoms with E-state index in [9.17, 15) is 9.59 Å². The third-order valence-electron chi connectivity index (χ3n) is 5.03. The van der Waals surface area contributed by atoms with Gasteiger partial charge in [0.05, 0.1) is 5.92 Å². The Morgan fingerprint density at radius 1 is 1.41 bits per heavy atom. The normalized spacial score (nSPS) is 28.6. The Kier molecular flexibility index (Phi) is 3.94. The lowest BCUT2D eigenvalue weighted by atomic mass is 10.0. The summed E-state index contributed by atoms with van der Waals surface area (Å²) < 4.78 is 0. The number of benzene rings is 1. The smallest absolute Gasteiger partial charge is 0.225 e. The number of nitrogens with one attached hydrogen (secondary N) is 1. The molecule has 2 amide bonds. The maximum atomic E-state index is 12.3. The molecular weight excluding hydrogens is 276 g/mol. The molecule has 1 aliphatic carbocycles. The van der Waals surface area contributed by atoms with Gasteiger partial charge >= 0.3 is 0 Å². The van der Waals surface area contributed by atoms with E-state index in [2.05, 4.69) is 43.4 Å². The zero-order valence-corrected chi connectivity index (χ0v) is 13.5. The van der Waals surface area contributed by atoms with Crippen molar-refractivity contribution in [2.24, 2.45) is 11.8 Å². The summed E-state index contributed by atoms with van der Waals surface area (Å²) >= 11 is 0. The standard InChI is InChI=1S/C18H24N2O2/c1-11-5-4-6-13(7-11)16-9-15(16)12(2)19-18(22)14-8-17(21)20(3)10-14/h4-7,12,14-16H,8-10H2,1-3H3,(H,19,22)/t12-,14-,15-,16+/m1/s1. The number of rotatable bonds is 4. The van der Waals surface area contributed by atoms with Gasteiger partial charge in [-0.05, 0) is 37.7 Å². The lowest BCUT2D eigenvalue weighted by molar-refractivity contribution is -0.128. The Balaban J connectivity index is 1.54. The van der Waals surface area contributed by atoms with Gasteiger partial charge in [-0.15, -0.1) is 0 Å². The molecule has 1 saturated heterocycles. The quantitative estimate of drug-likeness (QED) is 0.925. The zero-order chi connectivity index (χ0) is 15.9. The van der Waals surface area contributed by atoms with Gasteiger partial charge in [0.2, 0.25) is 11.8 Å². The summed E-state index contributed by atoms with van der Waals surface area (Å²) in [5.74, 6) is 0.983. The van der Waals surface area contributed by atoms with Crippen molar-refractivity contribution < 1.29 is 9.59 Å². The summed E-state index contributed by atoms with van der Waals surface area (Å²) in [6, 6.07) is 8.79. The molecule has 1 N–H and O–H groups in total. The van der Waals surface area contributed by atoms with Crippen molar-refractivity contribution in [1.29, 1.82) is 0 Å². The number of nitrogens with zero attached hydrogens (tertiary/aromatic N) is 1. The Labute approximate surface area is 131 Å². The monoisotopic (exact) mass is 300 g/mol. The molecule has 0 radical (unpaired) electrons. The van der Waals surface area contributed by atoms with E-state index in [0.29, 0.717) is 24.8 Å². The van der Waals surface area contributed by atoms with Crippen LogP contribution in [0.4, 0.5) is 0 Å². The van der Waals surface area contributed by atoms with E-state index in [4.69, 9.17) is 0 Å². The molecule has 1 aliphatic heterocycles. The summed E-state index contributed by atoms with van der Waals surface area (Å²) in [5, 5.41) is 3.12. The highest BCUT2D eigenvalue weighted by Crippen LogP contribution is 2.49. The van der Waals surface area contributed by atoms with Crippen molar-refractivity contribution in [3.8, 4) is 0 Å². The molecule has 1 saturated carbocycles. The van der Waals surface area contributed by atoms with Gasteiger partial charge in [0.25, 0.3) is 0 Å². The van der Waals surface area contributed by atoms with Gasteiger partial charge in [0, 0.05) is 26.1 Å². The third kappa shape index (κ3) is 3.01. The van der Waals surface area contributed by atoms with Crippen LogP contribution in [0.5, 0.6) is 0 Å². The molecular formula is C18H24N2O2. The summed E-state index contributed by atoms with van der Waals surface area (Å²) in [5.41, 5.74) is 2.66. The van der Waals surface area contributed by atoms with Crippen LogP contribution >= 0.6 is 0 Å². The van der Waals surface area contributed by atoms with Gasteiger partial charge in [-0.25, -0.2) is 0 Å². The third-order valence-corrected chi connectivity index (χ3v) is 5.03. The average Bonchev–Trinajstić information content (AvgIpc) is 3.20. The number of carbonyl (C=O) groups is 2. The van der Waals surface area contributed by atoms with E-state index in [1.165, 1.54) is 11.1 Å². The van der Waals surface area contributed by atoms with Crippen molar-refractivity contribution in [2.75, 3.05) is 13.6 Å². The summed E-state index contributed by atoms with van der Waals surface area (Å²) in [7, 11) is 1.76. The lowest BCUT2D eigenvalue weighted by Gasteiger charge is -2.17. The van der Waals surface area contributed by atoms with E-state index in [0.717, 1.165) is 6.42 Å². The first-order valence-electron chi connectivity index (χ1n) is 8.06. The molecule has 4 heteroatoms. The van der Waals surface area contributed by atoms with Crippen LogP contribution in [0.2, 0.25) is 0 Å². The predicted molar refractivity (Wildman–Crippen MR) is 85.4 cm³/mol. The Morgan fingerprint density at radius 3 is 2.82 bits per heavy atom. The van der Waals surface area contributed by atoms with Crippen molar-refractivity contribution in [3.05, 3.63) is 35.4 Å². The van der Waals surface area contributed by atoms with Crippen LogP contribution in [0.25, 0.3) is 0 Å². The van der Waals surface area contributed by atoms with Crippen molar-refractivity contribution >= 4 is 11.8 Å². The minimum absolute atomic E-state index is 0.0279. The molecule has 4 nitrogen and oxygen atoms in total. The fourth-order valence-corrected chi connectivity index (χ4v) is 3.54. The topological polar surface area (TPSA) is 49.4 Å². The largest absolute Gasteiger partial charge is 0.353 e. The first-order valence-corrected chi connectivity index (χ1v) is 8.06. The predicted octanol–water partition coefficient (Wildman–Crippen LogP) is 2.08. The highest BCUT2D eigenvalue weighted by Gasteiger charge is 2.43. The SMILES string of the molecule is Cc1cccc([C@@H]2C[C@@H]2[C@@H](C)NC(=O)[C@@H]2CC(=O)N(C)C2)c1. The maximum absolute atomic E-state index is 12.3. The van der Waals surface area contributed by atoms with Crippen LogP contribution in [0, 0.1) is 18.8 Å². The Bertz CT molecular complexity index is 599. The molecule has 2 aliphatic rings. The van der Waals surface area contributed by atoms with Gasteiger partial charge in [-0.1, -0.05) is 29.8 Å². The fraction of sp³-hybridized carbons (Fsp3) is 0.556. The minimum atomic E-state index is -0.184. The van der Waals surface area contributed by atoms with Gasteiger partial charge in [0.1, 0.15) is 0 Å². The first kappa shape index (κ1) is 15.1. The summed E-state index contributed by atoms with van der Waals surface area (Å²) in [6.45, 7) is 4.74. The Hall–Kier alpha value is -1.84. The van der Waals surface area contributed by atoms with Gasteiger partial charge < -0.3 is 10.2 Å². The first-order chi connectivity index (χ1) is 10.5. The molecule has 0 bridgehead atoms. The molecule has 1 aromatic carbocycles. The summed E-state index contributed by atoms with van der Waals surface area (Å²) in [4.78, 5) is 25.5. The molecule has 3 rings (SSSR count). The van der Waals surface area contributed by atoms with Crippen molar-refractivity contribution in [3.63, 3.8) is 0 Å². The lowest BCUT2D eigenvalue weighted by Crippen LogP contribution is -2.39. The van der Waals surface area contributed by atoms with Crippen LogP contribution < -0.4 is 5.32 Å². The molecule has 1 aromatic rings. The zero-order valence-electron chi connectivity index (χ0n) is 13.5. The van der Waals surface area contributed by atoms with Gasteiger partial charge in [-0.2, -0.15) is 0 Å². The van der Waals surface area contributed by atoms with E-state index in [-0.39, 0.29) is 23.8 Å². The number of carbonyl (C=O) groups excluding carboxylic acids is 2. The molecule has 4 atom stereocenters.